The zero-order valence-electron chi connectivity index (χ0n) is 5.68. The third kappa shape index (κ3) is 1.24. The zero-order valence-corrected chi connectivity index (χ0v) is 6.49. The average molecular weight is 143 g/mol. The molecule has 0 aromatic rings. The van der Waals surface area contributed by atoms with E-state index in [9.17, 15) is 0 Å². The van der Waals surface area contributed by atoms with Gasteiger partial charge in [0.1, 0.15) is 0 Å². The predicted molar refractivity (Wildman–Crippen MR) is 41.4 cm³/mol. The molecular formula is C7H13NS. The second-order valence-electron chi connectivity index (χ2n) is 3.02. The Bertz CT molecular complexity index is 85.1. The van der Waals surface area contributed by atoms with Crippen molar-refractivity contribution in [3.05, 3.63) is 0 Å². The van der Waals surface area contributed by atoms with Crippen LogP contribution in [0.1, 0.15) is 19.3 Å². The first-order chi connectivity index (χ1) is 4.45. The SMILES string of the molecule is C1CC2CCSN(C1)C2. The summed E-state index contributed by atoms with van der Waals surface area (Å²) in [5, 5.41) is 0. The van der Waals surface area contributed by atoms with Crippen LogP contribution >= 0.6 is 11.9 Å². The summed E-state index contributed by atoms with van der Waals surface area (Å²) < 4.78 is 2.54. The monoisotopic (exact) mass is 143 g/mol. The van der Waals surface area contributed by atoms with Crippen molar-refractivity contribution in [1.82, 2.24) is 4.31 Å². The highest BCUT2D eigenvalue weighted by Crippen LogP contribution is 2.30. The maximum atomic E-state index is 2.54. The van der Waals surface area contributed by atoms with Gasteiger partial charge in [0.2, 0.25) is 0 Å². The molecule has 2 heteroatoms. The number of fused-ring (bicyclic) bond motifs is 2. The van der Waals surface area contributed by atoms with Crippen LogP contribution < -0.4 is 0 Å². The van der Waals surface area contributed by atoms with Gasteiger partial charge in [-0.15, -0.1) is 0 Å². The molecule has 0 aromatic carbocycles. The van der Waals surface area contributed by atoms with Crippen molar-refractivity contribution in [2.45, 2.75) is 19.3 Å². The molecule has 2 saturated heterocycles. The summed E-state index contributed by atoms with van der Waals surface area (Å²) in [7, 11) is 0. The lowest BCUT2D eigenvalue weighted by Gasteiger charge is -2.36. The predicted octanol–water partition coefficient (Wildman–Crippen LogP) is 1.75. The van der Waals surface area contributed by atoms with Crippen LogP contribution in [0.15, 0.2) is 0 Å². The van der Waals surface area contributed by atoms with Gasteiger partial charge in [-0.3, -0.25) is 4.31 Å². The Morgan fingerprint density at radius 3 is 3.11 bits per heavy atom. The number of hydrogen-bond acceptors (Lipinski definition) is 2. The van der Waals surface area contributed by atoms with Crippen molar-refractivity contribution in [3.8, 4) is 0 Å². The molecule has 9 heavy (non-hydrogen) atoms. The summed E-state index contributed by atoms with van der Waals surface area (Å²) in [6, 6.07) is 0. The second-order valence-corrected chi connectivity index (χ2v) is 4.20. The molecule has 0 spiro atoms. The van der Waals surface area contributed by atoms with Crippen LogP contribution in [-0.2, 0) is 0 Å². The Morgan fingerprint density at radius 1 is 1.33 bits per heavy atom. The molecule has 2 fully saturated rings. The lowest BCUT2D eigenvalue weighted by Crippen LogP contribution is -2.34. The summed E-state index contributed by atoms with van der Waals surface area (Å²) in [5.41, 5.74) is 0. The Kier molecular flexibility index (Phi) is 1.68. The molecule has 0 aromatic heterocycles. The van der Waals surface area contributed by atoms with E-state index in [-0.39, 0.29) is 0 Å². The smallest absolute Gasteiger partial charge is 0.0118 e. The molecule has 2 atom stereocenters. The van der Waals surface area contributed by atoms with Crippen LogP contribution in [0.5, 0.6) is 0 Å². The van der Waals surface area contributed by atoms with Crippen LogP contribution in [0.25, 0.3) is 0 Å². The number of hydrogen-bond donors (Lipinski definition) is 0. The quantitative estimate of drug-likeness (QED) is 0.475. The molecule has 2 rings (SSSR count). The fourth-order valence-electron chi connectivity index (χ4n) is 1.73. The van der Waals surface area contributed by atoms with Crippen LogP contribution in [0.4, 0.5) is 0 Å². The lowest BCUT2D eigenvalue weighted by atomic mass is 9.97. The molecular weight excluding hydrogens is 130 g/mol. The Hall–Kier alpha value is 0.310. The zero-order chi connectivity index (χ0) is 6.10. The van der Waals surface area contributed by atoms with Gasteiger partial charge in [-0.1, -0.05) is 11.9 Å². The molecule has 0 radical (unpaired) electrons. The molecule has 2 aliphatic heterocycles. The van der Waals surface area contributed by atoms with Crippen molar-refractivity contribution in [2.75, 3.05) is 18.8 Å². The van der Waals surface area contributed by atoms with Crippen molar-refractivity contribution < 1.29 is 0 Å². The highest BCUT2D eigenvalue weighted by atomic mass is 32.2. The molecule has 52 valence electrons. The first-order valence-electron chi connectivity index (χ1n) is 3.83. The van der Waals surface area contributed by atoms with Gasteiger partial charge < -0.3 is 0 Å². The largest absolute Gasteiger partial charge is 0.250 e. The van der Waals surface area contributed by atoms with E-state index in [0.29, 0.717) is 0 Å². The Balaban J connectivity index is 1.96. The van der Waals surface area contributed by atoms with E-state index < -0.39 is 0 Å². The van der Waals surface area contributed by atoms with Crippen molar-refractivity contribution in [3.63, 3.8) is 0 Å². The van der Waals surface area contributed by atoms with E-state index in [1.165, 1.54) is 38.1 Å². The van der Waals surface area contributed by atoms with Crippen LogP contribution in [0, 0.1) is 5.92 Å². The highest BCUT2D eigenvalue weighted by molar-refractivity contribution is 7.97. The Morgan fingerprint density at radius 2 is 2.33 bits per heavy atom. The number of rotatable bonds is 0. The summed E-state index contributed by atoms with van der Waals surface area (Å²) >= 11 is 2.05. The molecule has 2 unspecified atom stereocenters. The normalized spacial score (nSPS) is 42.7. The molecule has 0 N–H and O–H groups in total. The summed E-state index contributed by atoms with van der Waals surface area (Å²) in [4.78, 5) is 0. The van der Waals surface area contributed by atoms with Crippen molar-refractivity contribution >= 4 is 11.9 Å². The molecule has 1 nitrogen and oxygen atoms in total. The highest BCUT2D eigenvalue weighted by Gasteiger charge is 2.23. The third-order valence-corrected chi connectivity index (χ3v) is 3.40. The summed E-state index contributed by atoms with van der Waals surface area (Å²) in [6.07, 6.45) is 4.41. The van der Waals surface area contributed by atoms with E-state index in [4.69, 9.17) is 0 Å². The minimum absolute atomic E-state index is 1.06. The van der Waals surface area contributed by atoms with Crippen LogP contribution in [0.2, 0.25) is 0 Å². The molecule has 0 saturated carbocycles. The van der Waals surface area contributed by atoms with Crippen molar-refractivity contribution in [1.29, 1.82) is 0 Å². The van der Waals surface area contributed by atoms with E-state index in [1.54, 1.807) is 0 Å². The topological polar surface area (TPSA) is 3.24 Å². The number of piperidine rings is 1. The van der Waals surface area contributed by atoms with E-state index in [1.807, 2.05) is 0 Å². The standard InChI is InChI=1S/C7H13NS/c1-2-7-3-5-9-8(4-1)6-7/h7H,1-6H2. The first-order valence-corrected chi connectivity index (χ1v) is 4.77. The van der Waals surface area contributed by atoms with Gasteiger partial charge in [-0.2, -0.15) is 0 Å². The summed E-state index contributed by atoms with van der Waals surface area (Å²) in [5.74, 6) is 2.44. The lowest BCUT2D eigenvalue weighted by molar-refractivity contribution is 0.266. The van der Waals surface area contributed by atoms with Gasteiger partial charge in [-0.05, 0) is 25.2 Å². The third-order valence-electron chi connectivity index (χ3n) is 2.28. The molecule has 0 aliphatic carbocycles. The van der Waals surface area contributed by atoms with Gasteiger partial charge in [0.05, 0.1) is 0 Å². The molecule has 2 heterocycles. The van der Waals surface area contributed by atoms with Gasteiger partial charge >= 0.3 is 0 Å². The van der Waals surface area contributed by atoms with Crippen LogP contribution in [-0.4, -0.2) is 23.1 Å². The van der Waals surface area contributed by atoms with Gasteiger partial charge in [-0.25, -0.2) is 0 Å². The first kappa shape index (κ1) is 6.05. The minimum atomic E-state index is 1.06. The molecule has 2 aliphatic rings. The fraction of sp³-hybridized carbons (Fsp3) is 1.00. The second kappa shape index (κ2) is 2.51. The molecule has 0 amide bonds. The van der Waals surface area contributed by atoms with Gasteiger partial charge in [0, 0.05) is 18.8 Å². The van der Waals surface area contributed by atoms with E-state index >= 15 is 0 Å². The van der Waals surface area contributed by atoms with Crippen molar-refractivity contribution in [2.24, 2.45) is 5.92 Å². The van der Waals surface area contributed by atoms with E-state index in [2.05, 4.69) is 16.3 Å². The fourth-order valence-corrected chi connectivity index (χ4v) is 3.00. The van der Waals surface area contributed by atoms with E-state index in [0.717, 1.165) is 5.92 Å². The van der Waals surface area contributed by atoms with Crippen LogP contribution in [0.3, 0.4) is 0 Å². The average Bonchev–Trinajstić information content (AvgIpc) is 1.88. The number of nitrogens with zero attached hydrogens (tertiary/aromatic N) is 1. The molecule has 2 bridgehead atoms. The minimum Gasteiger partial charge on any atom is -0.250 e. The maximum absolute atomic E-state index is 2.54. The van der Waals surface area contributed by atoms with Gasteiger partial charge in [0.15, 0.2) is 0 Å². The maximum Gasteiger partial charge on any atom is 0.0118 e. The van der Waals surface area contributed by atoms with Gasteiger partial charge in [0.25, 0.3) is 0 Å². The summed E-state index contributed by atoms with van der Waals surface area (Å²) in [6.45, 7) is 2.73. The Labute approximate surface area is 60.9 Å².